The minimum absolute atomic E-state index is 0.707. The van der Waals surface area contributed by atoms with Gasteiger partial charge in [0, 0.05) is 25.4 Å². The van der Waals surface area contributed by atoms with Gasteiger partial charge in [0.25, 0.3) is 0 Å². The maximum atomic E-state index is 5.09. The van der Waals surface area contributed by atoms with Crippen LogP contribution < -0.4 is 10.1 Å². The number of aromatic nitrogens is 2. The van der Waals surface area contributed by atoms with Gasteiger partial charge in [0.2, 0.25) is 5.88 Å². The first-order valence-electron chi connectivity index (χ1n) is 4.05. The van der Waals surface area contributed by atoms with Gasteiger partial charge in [-0.3, -0.25) is 4.68 Å². The van der Waals surface area contributed by atoms with Crippen molar-refractivity contribution in [2.75, 3.05) is 13.7 Å². The molecule has 0 fully saturated rings. The van der Waals surface area contributed by atoms with E-state index in [1.54, 1.807) is 11.8 Å². The van der Waals surface area contributed by atoms with Crippen molar-refractivity contribution in [2.24, 2.45) is 7.05 Å². The third-order valence-electron chi connectivity index (χ3n) is 1.62. The molecule has 0 atom stereocenters. The smallest absolute Gasteiger partial charge is 0.237 e. The van der Waals surface area contributed by atoms with E-state index in [9.17, 15) is 0 Å². The molecule has 0 aromatic carbocycles. The van der Waals surface area contributed by atoms with Gasteiger partial charge in [-0.15, -0.1) is 5.10 Å². The minimum atomic E-state index is 0.707. The molecule has 0 saturated carbocycles. The van der Waals surface area contributed by atoms with Gasteiger partial charge >= 0.3 is 0 Å². The summed E-state index contributed by atoms with van der Waals surface area (Å²) in [6.07, 6.45) is 1.96. The predicted molar refractivity (Wildman–Crippen MR) is 47.1 cm³/mol. The minimum Gasteiger partial charge on any atom is -0.480 e. The highest BCUT2D eigenvalue weighted by Gasteiger charge is 2.05. The molecular formula is C8H15N3O. The second-order valence-electron chi connectivity index (χ2n) is 2.62. The zero-order chi connectivity index (χ0) is 8.97. The molecule has 0 radical (unpaired) electrons. The lowest BCUT2D eigenvalue weighted by molar-refractivity contribution is 0.386. The molecule has 4 nitrogen and oxygen atoms in total. The average Bonchev–Trinajstić information content (AvgIpc) is 2.42. The molecule has 1 heterocycles. The Morgan fingerprint density at radius 2 is 2.42 bits per heavy atom. The molecule has 0 aliphatic carbocycles. The van der Waals surface area contributed by atoms with Crippen molar-refractivity contribution in [3.63, 3.8) is 0 Å². The van der Waals surface area contributed by atoms with Crippen LogP contribution in [-0.4, -0.2) is 23.4 Å². The first-order valence-corrected chi connectivity index (χ1v) is 4.05. The van der Waals surface area contributed by atoms with Crippen molar-refractivity contribution in [3.05, 3.63) is 11.8 Å². The molecule has 68 valence electrons. The van der Waals surface area contributed by atoms with E-state index in [2.05, 4.69) is 17.3 Å². The summed E-state index contributed by atoms with van der Waals surface area (Å²) in [4.78, 5) is 0. The van der Waals surface area contributed by atoms with Gasteiger partial charge in [0.15, 0.2) is 0 Å². The molecule has 0 bridgehead atoms. The standard InChI is InChI=1S/C8H15N3O/c1-4-9-5-7-6-11(2)10-8(7)12-3/h6,9H,4-5H2,1-3H3. The normalized spacial score (nSPS) is 10.2. The lowest BCUT2D eigenvalue weighted by Crippen LogP contribution is -2.11. The summed E-state index contributed by atoms with van der Waals surface area (Å²) in [7, 11) is 3.52. The van der Waals surface area contributed by atoms with Crippen LogP contribution in [0, 0.1) is 0 Å². The molecular weight excluding hydrogens is 154 g/mol. The summed E-state index contributed by atoms with van der Waals surface area (Å²) in [6, 6.07) is 0. The number of hydrogen-bond donors (Lipinski definition) is 1. The van der Waals surface area contributed by atoms with Crippen molar-refractivity contribution in [2.45, 2.75) is 13.5 Å². The van der Waals surface area contributed by atoms with Gasteiger partial charge in [-0.1, -0.05) is 6.92 Å². The average molecular weight is 169 g/mol. The summed E-state index contributed by atoms with van der Waals surface area (Å²) in [6.45, 7) is 3.84. The maximum absolute atomic E-state index is 5.09. The molecule has 1 N–H and O–H groups in total. The molecule has 0 spiro atoms. The van der Waals surface area contributed by atoms with Gasteiger partial charge < -0.3 is 10.1 Å². The van der Waals surface area contributed by atoms with Crippen molar-refractivity contribution in [3.8, 4) is 5.88 Å². The molecule has 0 aliphatic heterocycles. The van der Waals surface area contributed by atoms with Gasteiger partial charge in [-0.05, 0) is 6.54 Å². The number of nitrogens with zero attached hydrogens (tertiary/aromatic N) is 2. The third-order valence-corrected chi connectivity index (χ3v) is 1.62. The van der Waals surface area contributed by atoms with E-state index in [0.717, 1.165) is 18.7 Å². The Balaban J connectivity index is 2.68. The maximum Gasteiger partial charge on any atom is 0.237 e. The highest BCUT2D eigenvalue weighted by atomic mass is 16.5. The van der Waals surface area contributed by atoms with E-state index in [1.165, 1.54) is 0 Å². The molecule has 1 rings (SSSR count). The molecule has 0 saturated heterocycles. The van der Waals surface area contributed by atoms with Crippen molar-refractivity contribution in [1.29, 1.82) is 0 Å². The fourth-order valence-electron chi connectivity index (χ4n) is 1.07. The zero-order valence-corrected chi connectivity index (χ0v) is 7.79. The first kappa shape index (κ1) is 9.06. The number of aryl methyl sites for hydroxylation is 1. The molecule has 0 unspecified atom stereocenters. The Bertz CT molecular complexity index is 244. The van der Waals surface area contributed by atoms with Gasteiger partial charge in [0.1, 0.15) is 0 Å². The summed E-state index contributed by atoms with van der Waals surface area (Å²) in [5.74, 6) is 0.707. The van der Waals surface area contributed by atoms with Crippen LogP contribution in [0.25, 0.3) is 0 Å². The topological polar surface area (TPSA) is 39.1 Å². The van der Waals surface area contributed by atoms with Crippen LogP contribution in [0.15, 0.2) is 6.20 Å². The van der Waals surface area contributed by atoms with Crippen LogP contribution in [0.5, 0.6) is 5.88 Å². The Kier molecular flexibility index (Phi) is 3.10. The van der Waals surface area contributed by atoms with Crippen LogP contribution in [-0.2, 0) is 13.6 Å². The van der Waals surface area contributed by atoms with Crippen LogP contribution in [0.4, 0.5) is 0 Å². The molecule has 0 amide bonds. The first-order chi connectivity index (χ1) is 5.77. The predicted octanol–water partition coefficient (Wildman–Crippen LogP) is 0.538. The second kappa shape index (κ2) is 4.11. The Hall–Kier alpha value is -1.03. The second-order valence-corrected chi connectivity index (χ2v) is 2.62. The van der Waals surface area contributed by atoms with Crippen molar-refractivity contribution < 1.29 is 4.74 Å². The van der Waals surface area contributed by atoms with E-state index in [0.29, 0.717) is 5.88 Å². The number of nitrogens with one attached hydrogen (secondary N) is 1. The molecule has 1 aromatic rings. The zero-order valence-electron chi connectivity index (χ0n) is 7.79. The fraction of sp³-hybridized carbons (Fsp3) is 0.625. The van der Waals surface area contributed by atoms with Crippen LogP contribution in [0.1, 0.15) is 12.5 Å². The third kappa shape index (κ3) is 1.98. The Labute approximate surface area is 72.5 Å². The summed E-state index contributed by atoms with van der Waals surface area (Å²) in [5.41, 5.74) is 1.10. The van der Waals surface area contributed by atoms with Gasteiger partial charge in [0.05, 0.1) is 7.11 Å². The lowest BCUT2D eigenvalue weighted by Gasteiger charge is -1.99. The summed E-state index contributed by atoms with van der Waals surface area (Å²) < 4.78 is 6.85. The van der Waals surface area contributed by atoms with E-state index in [4.69, 9.17) is 4.74 Å². The van der Waals surface area contributed by atoms with Gasteiger partial charge in [-0.2, -0.15) is 0 Å². The number of hydrogen-bond acceptors (Lipinski definition) is 3. The Morgan fingerprint density at radius 1 is 1.67 bits per heavy atom. The monoisotopic (exact) mass is 169 g/mol. The highest BCUT2D eigenvalue weighted by molar-refractivity contribution is 5.22. The quantitative estimate of drug-likeness (QED) is 0.715. The van der Waals surface area contributed by atoms with E-state index >= 15 is 0 Å². The summed E-state index contributed by atoms with van der Waals surface area (Å²) >= 11 is 0. The Morgan fingerprint density at radius 3 is 3.00 bits per heavy atom. The van der Waals surface area contributed by atoms with Crippen molar-refractivity contribution >= 4 is 0 Å². The van der Waals surface area contributed by atoms with E-state index in [1.807, 2.05) is 13.2 Å². The SMILES string of the molecule is CCNCc1cn(C)nc1OC. The molecule has 1 aromatic heterocycles. The molecule has 12 heavy (non-hydrogen) atoms. The van der Waals surface area contributed by atoms with Crippen LogP contribution >= 0.6 is 0 Å². The fourth-order valence-corrected chi connectivity index (χ4v) is 1.07. The van der Waals surface area contributed by atoms with Gasteiger partial charge in [-0.25, -0.2) is 0 Å². The molecule has 4 heteroatoms. The lowest BCUT2D eigenvalue weighted by atomic mass is 10.3. The van der Waals surface area contributed by atoms with Crippen LogP contribution in [0.3, 0.4) is 0 Å². The van der Waals surface area contributed by atoms with Crippen molar-refractivity contribution in [1.82, 2.24) is 15.1 Å². The molecule has 0 aliphatic rings. The summed E-state index contributed by atoms with van der Waals surface area (Å²) in [5, 5.41) is 7.36. The highest BCUT2D eigenvalue weighted by Crippen LogP contribution is 2.13. The number of rotatable bonds is 4. The van der Waals surface area contributed by atoms with Crippen LogP contribution in [0.2, 0.25) is 0 Å². The van der Waals surface area contributed by atoms with E-state index < -0.39 is 0 Å². The van der Waals surface area contributed by atoms with E-state index in [-0.39, 0.29) is 0 Å². The number of methoxy groups -OCH3 is 1. The largest absolute Gasteiger partial charge is 0.480 e. The number of ether oxygens (including phenoxy) is 1.